The number of thioether (sulfide) groups is 1. The zero-order chi connectivity index (χ0) is 20.3. The summed E-state index contributed by atoms with van der Waals surface area (Å²) >= 11 is 7.68. The molecule has 0 spiro atoms. The molecular weight excluding hydrogens is 392 g/mol. The molecule has 0 aromatic heterocycles. The van der Waals surface area contributed by atoms with Crippen LogP contribution in [-0.2, 0) is 9.53 Å². The zero-order valence-corrected chi connectivity index (χ0v) is 17.6. The molecule has 0 aliphatic carbocycles. The molecule has 5 heteroatoms. The number of halogens is 1. The third-order valence-electron chi connectivity index (χ3n) is 4.63. The first-order chi connectivity index (χ1) is 13.4. The molecule has 0 aliphatic rings. The van der Waals surface area contributed by atoms with E-state index in [2.05, 4.69) is 0 Å². The highest BCUT2D eigenvalue weighted by atomic mass is 35.5. The van der Waals surface area contributed by atoms with Gasteiger partial charge in [-0.15, -0.1) is 11.8 Å². The average molecular weight is 413 g/mol. The van der Waals surface area contributed by atoms with Crippen LogP contribution in [0.25, 0.3) is 10.8 Å². The number of rotatable bonds is 6. The van der Waals surface area contributed by atoms with E-state index in [-0.39, 0.29) is 11.5 Å². The zero-order valence-electron chi connectivity index (χ0n) is 16.0. The number of aryl methyl sites for hydroxylation is 2. The van der Waals surface area contributed by atoms with Crippen molar-refractivity contribution in [2.75, 3.05) is 5.75 Å². The summed E-state index contributed by atoms with van der Waals surface area (Å²) in [5.74, 6) is -0.525. The summed E-state index contributed by atoms with van der Waals surface area (Å²) in [5.41, 5.74) is 2.70. The second kappa shape index (κ2) is 8.80. The molecule has 0 amide bonds. The molecule has 0 saturated carbocycles. The molecule has 0 aliphatic heterocycles. The molecule has 0 saturated heterocycles. The Morgan fingerprint density at radius 2 is 1.75 bits per heavy atom. The minimum Gasteiger partial charge on any atom is -0.454 e. The molecule has 0 bridgehead atoms. The fraction of sp³-hybridized carbons (Fsp3) is 0.217. The van der Waals surface area contributed by atoms with Gasteiger partial charge in [0.25, 0.3) is 0 Å². The number of benzene rings is 3. The molecule has 0 radical (unpaired) electrons. The maximum atomic E-state index is 12.5. The number of ketones is 1. The number of carbonyl (C=O) groups excluding carboxylic acids is 2. The Morgan fingerprint density at radius 3 is 2.46 bits per heavy atom. The van der Waals surface area contributed by atoms with Crippen molar-refractivity contribution in [2.24, 2.45) is 0 Å². The molecule has 0 heterocycles. The predicted octanol–water partition coefficient (Wildman–Crippen LogP) is 6.02. The summed E-state index contributed by atoms with van der Waals surface area (Å²) in [5, 5.41) is 2.58. The van der Waals surface area contributed by atoms with Crippen LogP contribution in [0.15, 0.2) is 59.5 Å². The lowest BCUT2D eigenvalue weighted by Gasteiger charge is -2.13. The Hall–Kier alpha value is -2.30. The van der Waals surface area contributed by atoms with Crippen LogP contribution in [0.2, 0.25) is 5.02 Å². The number of esters is 1. The van der Waals surface area contributed by atoms with Crippen molar-refractivity contribution in [1.29, 1.82) is 0 Å². The Bertz CT molecular complexity index is 1040. The van der Waals surface area contributed by atoms with Crippen molar-refractivity contribution in [1.82, 2.24) is 0 Å². The summed E-state index contributed by atoms with van der Waals surface area (Å²) in [6.07, 6.45) is -0.827. The summed E-state index contributed by atoms with van der Waals surface area (Å²) in [7, 11) is 0. The second-order valence-corrected chi connectivity index (χ2v) is 8.10. The predicted molar refractivity (Wildman–Crippen MR) is 115 cm³/mol. The fourth-order valence-electron chi connectivity index (χ4n) is 2.93. The number of hydrogen-bond donors (Lipinski definition) is 0. The van der Waals surface area contributed by atoms with Gasteiger partial charge in [-0.2, -0.15) is 0 Å². The van der Waals surface area contributed by atoms with Crippen molar-refractivity contribution < 1.29 is 14.3 Å². The summed E-state index contributed by atoms with van der Waals surface area (Å²) in [4.78, 5) is 25.7. The van der Waals surface area contributed by atoms with E-state index in [1.807, 2.05) is 62.4 Å². The largest absolute Gasteiger partial charge is 0.454 e. The van der Waals surface area contributed by atoms with E-state index in [0.717, 1.165) is 26.8 Å². The molecule has 0 fully saturated rings. The summed E-state index contributed by atoms with van der Waals surface area (Å²) in [6, 6.07) is 17.0. The Labute approximate surface area is 174 Å². The van der Waals surface area contributed by atoms with E-state index in [9.17, 15) is 9.59 Å². The van der Waals surface area contributed by atoms with Gasteiger partial charge in [0.15, 0.2) is 6.10 Å². The van der Waals surface area contributed by atoms with Crippen LogP contribution in [0.3, 0.4) is 0 Å². The number of fused-ring (bicyclic) bond motifs is 1. The average Bonchev–Trinajstić information content (AvgIpc) is 2.68. The van der Waals surface area contributed by atoms with Gasteiger partial charge >= 0.3 is 5.97 Å². The minimum absolute atomic E-state index is 0.106. The molecule has 3 rings (SSSR count). The topological polar surface area (TPSA) is 43.4 Å². The third-order valence-corrected chi connectivity index (χ3v) is 5.98. The Balaban J connectivity index is 1.64. The lowest BCUT2D eigenvalue weighted by Crippen LogP contribution is -2.25. The van der Waals surface area contributed by atoms with E-state index in [0.29, 0.717) is 10.6 Å². The molecule has 28 heavy (non-hydrogen) atoms. The Morgan fingerprint density at radius 1 is 1.04 bits per heavy atom. The first-order valence-electron chi connectivity index (χ1n) is 8.98. The highest BCUT2D eigenvalue weighted by Gasteiger charge is 2.20. The van der Waals surface area contributed by atoms with Crippen LogP contribution in [0, 0.1) is 13.8 Å². The van der Waals surface area contributed by atoms with Crippen molar-refractivity contribution in [3.63, 3.8) is 0 Å². The van der Waals surface area contributed by atoms with Gasteiger partial charge in [0.05, 0.1) is 5.75 Å². The first kappa shape index (κ1) is 20.4. The molecule has 0 N–H and O–H groups in total. The van der Waals surface area contributed by atoms with Crippen LogP contribution in [0.5, 0.6) is 0 Å². The van der Waals surface area contributed by atoms with Crippen LogP contribution in [0.4, 0.5) is 0 Å². The first-order valence-corrected chi connectivity index (χ1v) is 10.3. The molecule has 3 nitrogen and oxygen atoms in total. The van der Waals surface area contributed by atoms with Crippen molar-refractivity contribution in [3.8, 4) is 0 Å². The standard InChI is InChI=1S/C23H21ClO3S/c1-14-10-11-18(12-15(14)2)23(26)16(3)27-21(25)13-28-20-9-5-7-17-6-4-8-19(24)22(17)20/h4-12,16H,13H2,1-3H3/t16-/m0/s1. The minimum atomic E-state index is -0.827. The second-order valence-electron chi connectivity index (χ2n) is 6.68. The van der Waals surface area contributed by atoms with Gasteiger partial charge in [-0.05, 0) is 55.5 Å². The van der Waals surface area contributed by atoms with E-state index in [4.69, 9.17) is 16.3 Å². The van der Waals surface area contributed by atoms with Crippen molar-refractivity contribution in [3.05, 3.63) is 76.3 Å². The van der Waals surface area contributed by atoms with Gasteiger partial charge in [0.2, 0.25) is 5.78 Å². The number of Topliss-reactive ketones (excluding diaryl/α,β-unsaturated/α-hetero) is 1. The third kappa shape index (κ3) is 4.57. The lowest BCUT2D eigenvalue weighted by atomic mass is 10.0. The van der Waals surface area contributed by atoms with Gasteiger partial charge in [-0.25, -0.2) is 0 Å². The van der Waals surface area contributed by atoms with Gasteiger partial charge < -0.3 is 4.74 Å². The van der Waals surface area contributed by atoms with Crippen LogP contribution < -0.4 is 0 Å². The van der Waals surface area contributed by atoms with Crippen LogP contribution >= 0.6 is 23.4 Å². The molecular formula is C23H21ClO3S. The van der Waals surface area contributed by atoms with Crippen molar-refractivity contribution in [2.45, 2.75) is 31.8 Å². The molecule has 0 unspecified atom stereocenters. The van der Waals surface area contributed by atoms with Gasteiger partial charge in [-0.1, -0.05) is 48.0 Å². The highest BCUT2D eigenvalue weighted by Crippen LogP contribution is 2.33. The van der Waals surface area contributed by atoms with E-state index in [1.54, 1.807) is 13.0 Å². The quantitative estimate of drug-likeness (QED) is 0.282. The molecule has 144 valence electrons. The monoisotopic (exact) mass is 412 g/mol. The van der Waals surface area contributed by atoms with E-state index >= 15 is 0 Å². The molecule has 3 aromatic carbocycles. The summed E-state index contributed by atoms with van der Waals surface area (Å²) < 4.78 is 5.36. The number of hydrogen-bond acceptors (Lipinski definition) is 4. The lowest BCUT2D eigenvalue weighted by molar-refractivity contribution is -0.143. The molecule has 3 aromatic rings. The van der Waals surface area contributed by atoms with Crippen molar-refractivity contribution >= 4 is 45.9 Å². The fourth-order valence-corrected chi connectivity index (χ4v) is 4.16. The van der Waals surface area contributed by atoms with Gasteiger partial charge in [0.1, 0.15) is 0 Å². The SMILES string of the molecule is Cc1ccc(C(=O)[C@H](C)OC(=O)CSc2cccc3cccc(Cl)c23)cc1C. The van der Waals surface area contributed by atoms with Crippen LogP contribution in [0.1, 0.15) is 28.4 Å². The smallest absolute Gasteiger partial charge is 0.316 e. The normalized spacial score (nSPS) is 12.0. The Kier molecular flexibility index (Phi) is 6.42. The van der Waals surface area contributed by atoms with Gasteiger partial charge in [-0.3, -0.25) is 9.59 Å². The van der Waals surface area contributed by atoms with Gasteiger partial charge in [0, 0.05) is 20.9 Å². The van der Waals surface area contributed by atoms with E-state index in [1.165, 1.54) is 11.8 Å². The highest BCUT2D eigenvalue weighted by molar-refractivity contribution is 8.00. The molecule has 1 atom stereocenters. The number of carbonyl (C=O) groups is 2. The maximum absolute atomic E-state index is 12.5. The number of ether oxygens (including phenoxy) is 1. The maximum Gasteiger partial charge on any atom is 0.316 e. The van der Waals surface area contributed by atoms with Crippen LogP contribution in [-0.4, -0.2) is 23.6 Å². The summed E-state index contributed by atoms with van der Waals surface area (Å²) in [6.45, 7) is 5.55. The van der Waals surface area contributed by atoms with E-state index < -0.39 is 12.1 Å².